The van der Waals surface area contributed by atoms with E-state index < -0.39 is 0 Å². The van der Waals surface area contributed by atoms with Gasteiger partial charge in [-0.25, -0.2) is 0 Å². The maximum Gasteiger partial charge on any atom is 0.0349 e. The fourth-order valence-electron chi connectivity index (χ4n) is 2.87. The summed E-state index contributed by atoms with van der Waals surface area (Å²) >= 11 is 3.51. The zero-order valence-electron chi connectivity index (χ0n) is 13.6. The van der Waals surface area contributed by atoms with Crippen molar-refractivity contribution in [2.75, 3.05) is 0 Å². The first kappa shape index (κ1) is 15.4. The minimum atomic E-state index is 1.14. The van der Waals surface area contributed by atoms with E-state index in [1.54, 1.807) is 22.7 Å². The Kier molecular flexibility index (Phi) is 4.09. The first-order valence-electron chi connectivity index (χ1n) is 7.86. The van der Waals surface area contributed by atoms with Crippen LogP contribution in [0.15, 0.2) is 59.3 Å². The van der Waals surface area contributed by atoms with Crippen molar-refractivity contribution in [2.24, 2.45) is 0 Å². The summed E-state index contributed by atoms with van der Waals surface area (Å²) < 4.78 is 0. The van der Waals surface area contributed by atoms with E-state index in [0.29, 0.717) is 0 Å². The number of aryl methyl sites for hydroxylation is 2. The molecule has 0 atom stereocenters. The van der Waals surface area contributed by atoms with E-state index in [-0.39, 0.29) is 0 Å². The van der Waals surface area contributed by atoms with E-state index in [0.717, 1.165) is 16.7 Å². The highest BCUT2D eigenvalue weighted by Gasteiger charge is 2.10. The van der Waals surface area contributed by atoms with Crippen LogP contribution in [-0.2, 0) is 0 Å². The van der Waals surface area contributed by atoms with Crippen LogP contribution in [0, 0.1) is 26.0 Å². The summed E-state index contributed by atoms with van der Waals surface area (Å²) in [5.41, 5.74) is 7.16. The lowest BCUT2D eigenvalue weighted by Crippen LogP contribution is -1.90. The summed E-state index contributed by atoms with van der Waals surface area (Å²) in [6, 6.07) is 24.3. The Hall–Kier alpha value is -2.16. The molecule has 0 saturated heterocycles. The van der Waals surface area contributed by atoms with Crippen LogP contribution in [0.1, 0.15) is 11.1 Å². The minimum Gasteiger partial charge on any atom is -0.144 e. The third kappa shape index (κ3) is 2.83. The van der Waals surface area contributed by atoms with Gasteiger partial charge >= 0.3 is 0 Å². The summed E-state index contributed by atoms with van der Waals surface area (Å²) in [6.07, 6.45) is 0. The Labute approximate surface area is 151 Å². The van der Waals surface area contributed by atoms with Crippen molar-refractivity contribution in [3.05, 3.63) is 82.6 Å². The Bertz CT molecular complexity index is 961. The number of thiophene rings is 2. The summed E-state index contributed by atoms with van der Waals surface area (Å²) in [6.45, 7) is 4.30. The van der Waals surface area contributed by atoms with Crippen molar-refractivity contribution < 1.29 is 0 Å². The van der Waals surface area contributed by atoms with E-state index in [1.165, 1.54) is 26.4 Å². The molecule has 2 radical (unpaired) electrons. The molecule has 24 heavy (non-hydrogen) atoms. The number of benzene rings is 2. The van der Waals surface area contributed by atoms with Gasteiger partial charge < -0.3 is 0 Å². The Morgan fingerprint density at radius 2 is 1.54 bits per heavy atom. The predicted molar refractivity (Wildman–Crippen MR) is 106 cm³/mol. The van der Waals surface area contributed by atoms with Crippen LogP contribution in [0.3, 0.4) is 0 Å². The van der Waals surface area contributed by atoms with Gasteiger partial charge in [-0.1, -0.05) is 24.3 Å². The van der Waals surface area contributed by atoms with E-state index >= 15 is 0 Å². The first-order chi connectivity index (χ1) is 11.7. The molecular weight excluding hydrogens is 328 g/mol. The molecule has 0 spiro atoms. The van der Waals surface area contributed by atoms with Crippen LogP contribution in [-0.4, -0.2) is 0 Å². The maximum absolute atomic E-state index is 3.61. The van der Waals surface area contributed by atoms with E-state index in [4.69, 9.17) is 0 Å². The highest BCUT2D eigenvalue weighted by Crippen LogP contribution is 2.34. The Morgan fingerprint density at radius 3 is 2.21 bits per heavy atom. The van der Waals surface area contributed by atoms with Crippen molar-refractivity contribution in [1.82, 2.24) is 0 Å². The molecule has 0 aliphatic rings. The van der Waals surface area contributed by atoms with Gasteiger partial charge in [-0.2, -0.15) is 0 Å². The predicted octanol–water partition coefficient (Wildman–Crippen LogP) is 7.03. The van der Waals surface area contributed by atoms with Gasteiger partial charge in [-0.05, 0) is 88.8 Å². The lowest BCUT2D eigenvalue weighted by molar-refractivity contribution is 1.40. The molecule has 116 valence electrons. The van der Waals surface area contributed by atoms with Crippen molar-refractivity contribution in [2.45, 2.75) is 13.8 Å². The molecule has 4 aromatic rings. The summed E-state index contributed by atoms with van der Waals surface area (Å²) in [4.78, 5) is 2.54. The Morgan fingerprint density at radius 1 is 0.792 bits per heavy atom. The fraction of sp³-hybridized carbons (Fsp3) is 0.0909. The fourth-order valence-corrected chi connectivity index (χ4v) is 4.29. The van der Waals surface area contributed by atoms with Crippen molar-refractivity contribution >= 4 is 22.7 Å². The van der Waals surface area contributed by atoms with Crippen molar-refractivity contribution in [3.8, 4) is 32.0 Å². The van der Waals surface area contributed by atoms with Crippen molar-refractivity contribution in [3.63, 3.8) is 0 Å². The first-order valence-corrected chi connectivity index (χ1v) is 9.62. The van der Waals surface area contributed by atoms with Gasteiger partial charge in [-0.15, -0.1) is 22.7 Å². The summed E-state index contributed by atoms with van der Waals surface area (Å²) in [5, 5.41) is 4.22. The normalized spacial score (nSPS) is 10.9. The standard InChI is InChI=1S/C22H16S2/c1-15-7-8-18(22-6-4-12-24-22)14-20(15)19-10-9-17(13-16(19)2)21-5-3-11-23-21/h3-9,11-13H,1-2H3. The van der Waals surface area contributed by atoms with E-state index in [9.17, 15) is 0 Å². The third-order valence-corrected chi connectivity index (χ3v) is 5.96. The molecule has 0 amide bonds. The summed E-state index contributed by atoms with van der Waals surface area (Å²) in [7, 11) is 0. The molecule has 4 rings (SSSR count). The highest BCUT2D eigenvalue weighted by atomic mass is 32.1. The molecule has 0 fully saturated rings. The minimum absolute atomic E-state index is 1.14. The number of hydrogen-bond acceptors (Lipinski definition) is 2. The van der Waals surface area contributed by atoms with Gasteiger partial charge in [0, 0.05) is 15.3 Å². The molecule has 0 aliphatic carbocycles. The van der Waals surface area contributed by atoms with Crippen LogP contribution in [0.25, 0.3) is 32.0 Å². The van der Waals surface area contributed by atoms with E-state index in [1.807, 2.05) is 0 Å². The van der Waals surface area contributed by atoms with Gasteiger partial charge in [0.25, 0.3) is 0 Å². The molecular formula is C22H16S2. The smallest absolute Gasteiger partial charge is 0.0349 e. The Balaban J connectivity index is 1.80. The quantitative estimate of drug-likeness (QED) is 0.374. The molecule has 0 aliphatic heterocycles. The lowest BCUT2D eigenvalue weighted by atomic mass is 9.93. The van der Waals surface area contributed by atoms with Crippen LogP contribution in [0.5, 0.6) is 0 Å². The van der Waals surface area contributed by atoms with E-state index in [2.05, 4.69) is 85.3 Å². The topological polar surface area (TPSA) is 0 Å². The summed E-state index contributed by atoms with van der Waals surface area (Å²) in [5.74, 6) is 0. The van der Waals surface area contributed by atoms with Crippen LogP contribution >= 0.6 is 22.7 Å². The second kappa shape index (κ2) is 6.39. The maximum atomic E-state index is 3.61. The van der Waals surface area contributed by atoms with Gasteiger partial charge in [-0.3, -0.25) is 0 Å². The number of rotatable bonds is 3. The average Bonchev–Trinajstić information content (AvgIpc) is 3.29. The average molecular weight is 345 g/mol. The third-order valence-electron chi connectivity index (χ3n) is 4.13. The molecule has 2 heteroatoms. The SMILES string of the molecule is Cc1ccc(-c2cccs2)[c]c1-c1[c]cc(-c2cccs2)cc1C. The molecule has 0 nitrogen and oxygen atoms in total. The zero-order valence-corrected chi connectivity index (χ0v) is 15.2. The molecule has 2 heterocycles. The molecule has 0 unspecified atom stereocenters. The molecule has 0 saturated carbocycles. The molecule has 2 aromatic carbocycles. The molecule has 0 bridgehead atoms. The van der Waals surface area contributed by atoms with Crippen LogP contribution in [0.2, 0.25) is 0 Å². The second-order valence-corrected chi connectivity index (χ2v) is 7.73. The van der Waals surface area contributed by atoms with Crippen LogP contribution in [0.4, 0.5) is 0 Å². The monoisotopic (exact) mass is 344 g/mol. The van der Waals surface area contributed by atoms with Gasteiger partial charge in [0.1, 0.15) is 0 Å². The highest BCUT2D eigenvalue weighted by molar-refractivity contribution is 7.13. The zero-order chi connectivity index (χ0) is 16.5. The second-order valence-electron chi connectivity index (χ2n) is 5.83. The molecule has 2 aromatic heterocycles. The van der Waals surface area contributed by atoms with Gasteiger partial charge in [0.2, 0.25) is 0 Å². The van der Waals surface area contributed by atoms with Crippen LogP contribution < -0.4 is 0 Å². The van der Waals surface area contributed by atoms with Crippen molar-refractivity contribution in [1.29, 1.82) is 0 Å². The van der Waals surface area contributed by atoms with Gasteiger partial charge in [0.05, 0.1) is 0 Å². The largest absolute Gasteiger partial charge is 0.144 e. The number of hydrogen-bond donors (Lipinski definition) is 0. The van der Waals surface area contributed by atoms with Gasteiger partial charge in [0.15, 0.2) is 0 Å². The lowest BCUT2D eigenvalue weighted by Gasteiger charge is -2.12. The molecule has 0 N–H and O–H groups in total.